The first-order valence-corrected chi connectivity index (χ1v) is 11.7. The number of amides is 1. The first-order chi connectivity index (χ1) is 16.3. The Balaban J connectivity index is 2.15. The van der Waals surface area contributed by atoms with Crippen LogP contribution < -0.4 is 10.6 Å². The predicted molar refractivity (Wildman–Crippen MR) is 147 cm³/mol. The summed E-state index contributed by atoms with van der Waals surface area (Å²) in [7, 11) is 0. The quantitative estimate of drug-likeness (QED) is 0.275. The molecule has 2 N–H and O–H groups in total. The summed E-state index contributed by atoms with van der Waals surface area (Å²) >= 11 is 6.21. The van der Waals surface area contributed by atoms with Crippen LogP contribution in [0.25, 0.3) is 10.8 Å². The van der Waals surface area contributed by atoms with Gasteiger partial charge in [0.2, 0.25) is 0 Å². The van der Waals surface area contributed by atoms with Crippen molar-refractivity contribution in [1.29, 1.82) is 0 Å². The number of allylic oxidation sites excluding steroid dienone is 7. The molecule has 0 aliphatic rings. The number of benzene rings is 1. The minimum atomic E-state index is -0.122. The molecule has 1 aromatic heterocycles. The van der Waals surface area contributed by atoms with Gasteiger partial charge in [0.05, 0.1) is 0 Å². The lowest BCUT2D eigenvalue weighted by Gasteiger charge is -2.14. The van der Waals surface area contributed by atoms with Crippen LogP contribution in [0.5, 0.6) is 0 Å². The molecule has 0 radical (unpaired) electrons. The topological polar surface area (TPSA) is 54.0 Å². The number of anilines is 1. The van der Waals surface area contributed by atoms with Crippen LogP contribution in [0.4, 0.5) is 5.82 Å². The maximum Gasteiger partial charge on any atom is 0.250 e. The van der Waals surface area contributed by atoms with Crippen molar-refractivity contribution < 1.29 is 4.79 Å². The summed E-state index contributed by atoms with van der Waals surface area (Å²) in [5.41, 5.74) is 3.59. The third-order valence-electron chi connectivity index (χ3n) is 5.38. The second-order valence-electron chi connectivity index (χ2n) is 8.15. The molecule has 1 aromatic carbocycles. The Labute approximate surface area is 208 Å². The summed E-state index contributed by atoms with van der Waals surface area (Å²) in [5.74, 6) is 0.744. The van der Waals surface area contributed by atoms with Gasteiger partial charge in [-0.3, -0.25) is 4.79 Å². The summed E-state index contributed by atoms with van der Waals surface area (Å²) in [5, 5.41) is 9.05. The Hall–Kier alpha value is -3.37. The Morgan fingerprint density at radius 2 is 1.97 bits per heavy atom. The van der Waals surface area contributed by atoms with Crippen LogP contribution in [0.15, 0.2) is 102 Å². The van der Waals surface area contributed by atoms with Crippen molar-refractivity contribution in [1.82, 2.24) is 10.3 Å². The van der Waals surface area contributed by atoms with Gasteiger partial charge in [-0.2, -0.15) is 0 Å². The molecule has 1 amide bonds. The average Bonchev–Trinajstić information content (AvgIpc) is 2.82. The Kier molecular flexibility index (Phi) is 10.6. The molecule has 0 aliphatic carbocycles. The summed E-state index contributed by atoms with van der Waals surface area (Å²) < 4.78 is 0. The van der Waals surface area contributed by atoms with Gasteiger partial charge in [0.15, 0.2) is 0 Å². The zero-order chi connectivity index (χ0) is 25.1. The summed E-state index contributed by atoms with van der Waals surface area (Å²) in [6, 6.07) is 7.68. The molecule has 0 bridgehead atoms. The van der Waals surface area contributed by atoms with Crippen LogP contribution in [-0.2, 0) is 4.79 Å². The number of carbonyl (C=O) groups is 1. The molecule has 5 heteroatoms. The number of hydrogen-bond acceptors (Lipinski definition) is 3. The molecule has 4 nitrogen and oxygen atoms in total. The molecule has 2 rings (SSSR count). The van der Waals surface area contributed by atoms with Crippen molar-refractivity contribution in [2.45, 2.75) is 34.6 Å². The number of aromatic nitrogens is 1. The predicted octanol–water partition coefficient (Wildman–Crippen LogP) is 7.54. The van der Waals surface area contributed by atoms with Gasteiger partial charge in [-0.25, -0.2) is 4.98 Å². The van der Waals surface area contributed by atoms with Crippen LogP contribution >= 0.6 is 11.6 Å². The number of fused-ring (bicyclic) bond motifs is 1. The average molecular weight is 476 g/mol. The van der Waals surface area contributed by atoms with Gasteiger partial charge in [-0.05, 0) is 74.9 Å². The van der Waals surface area contributed by atoms with E-state index < -0.39 is 0 Å². The highest BCUT2D eigenvalue weighted by Gasteiger charge is 2.11. The molecular formula is C29H34ClN3O. The highest BCUT2D eigenvalue weighted by atomic mass is 35.5. The molecular weight excluding hydrogens is 442 g/mol. The van der Waals surface area contributed by atoms with Gasteiger partial charge in [-0.1, -0.05) is 67.1 Å². The maximum absolute atomic E-state index is 12.8. The van der Waals surface area contributed by atoms with Gasteiger partial charge in [0, 0.05) is 34.4 Å². The molecule has 1 unspecified atom stereocenters. The smallest absolute Gasteiger partial charge is 0.250 e. The van der Waals surface area contributed by atoms with Crippen LogP contribution in [0.3, 0.4) is 0 Å². The molecule has 0 fully saturated rings. The lowest BCUT2D eigenvalue weighted by molar-refractivity contribution is -0.117. The zero-order valence-corrected chi connectivity index (χ0v) is 21.4. The largest absolute Gasteiger partial charge is 0.351 e. The van der Waals surface area contributed by atoms with E-state index in [1.165, 1.54) is 0 Å². The summed E-state index contributed by atoms with van der Waals surface area (Å²) in [4.78, 5) is 17.3. The molecule has 0 saturated heterocycles. The Morgan fingerprint density at radius 1 is 1.21 bits per heavy atom. The highest BCUT2D eigenvalue weighted by molar-refractivity contribution is 6.31. The number of hydrogen-bond donors (Lipinski definition) is 2. The lowest BCUT2D eigenvalue weighted by Crippen LogP contribution is -2.29. The maximum atomic E-state index is 12.8. The van der Waals surface area contributed by atoms with E-state index in [1.807, 2.05) is 88.4 Å². The summed E-state index contributed by atoms with van der Waals surface area (Å²) in [6.07, 6.45) is 15.1. The monoisotopic (exact) mass is 475 g/mol. The molecule has 1 heterocycles. The van der Waals surface area contributed by atoms with Gasteiger partial charge in [0.25, 0.3) is 5.91 Å². The molecule has 0 aliphatic heterocycles. The highest BCUT2D eigenvalue weighted by Crippen LogP contribution is 2.26. The van der Waals surface area contributed by atoms with Crippen molar-refractivity contribution in [3.8, 4) is 0 Å². The fraction of sp³-hybridized carbons (Fsp3) is 0.241. The second-order valence-corrected chi connectivity index (χ2v) is 8.59. The van der Waals surface area contributed by atoms with E-state index in [2.05, 4.69) is 29.1 Å². The fourth-order valence-electron chi connectivity index (χ4n) is 3.28. The molecule has 0 saturated carbocycles. The van der Waals surface area contributed by atoms with Crippen molar-refractivity contribution in [3.05, 3.63) is 107 Å². The number of rotatable bonds is 10. The van der Waals surface area contributed by atoms with Crippen molar-refractivity contribution in [3.63, 3.8) is 0 Å². The van der Waals surface area contributed by atoms with Crippen LogP contribution in [0.1, 0.15) is 34.6 Å². The van der Waals surface area contributed by atoms with Gasteiger partial charge >= 0.3 is 0 Å². The third kappa shape index (κ3) is 7.60. The van der Waals surface area contributed by atoms with E-state index in [-0.39, 0.29) is 11.8 Å². The lowest BCUT2D eigenvalue weighted by atomic mass is 10.0. The SMILES string of the molecule is C=C/C(=C\C=C/C)C(C)CNC(=O)C(/C=C\C(Nc1nccc2ccc(Cl)cc12)=C(C)C)=C/C. The standard InChI is InChI=1S/C29H34ClN3O/c1-7-10-11-22(8-2)21(6)19-32-29(34)23(9-3)13-15-27(20(4)5)33-28-26-18-25(30)14-12-24(26)16-17-31-28/h7-18,21H,2,19H2,1,3-6H3,(H,31,33)(H,32,34)/b10-7-,15-13-,22-11+,23-9+. The van der Waals surface area contributed by atoms with E-state index in [0.717, 1.165) is 27.6 Å². The van der Waals surface area contributed by atoms with Crippen LogP contribution in [-0.4, -0.2) is 17.4 Å². The Morgan fingerprint density at radius 3 is 2.62 bits per heavy atom. The number of pyridine rings is 1. The fourth-order valence-corrected chi connectivity index (χ4v) is 3.46. The number of nitrogens with one attached hydrogen (secondary N) is 2. The van der Waals surface area contributed by atoms with E-state index in [0.29, 0.717) is 23.0 Å². The Bertz CT molecular complexity index is 1180. The molecule has 0 spiro atoms. The second kappa shape index (κ2) is 13.4. The van der Waals surface area contributed by atoms with Gasteiger partial charge < -0.3 is 10.6 Å². The molecule has 1 atom stereocenters. The van der Waals surface area contributed by atoms with Gasteiger partial charge in [-0.15, -0.1) is 0 Å². The number of nitrogens with zero attached hydrogens (tertiary/aromatic N) is 1. The molecule has 2 aromatic rings. The van der Waals surface area contributed by atoms with Crippen LogP contribution in [0, 0.1) is 5.92 Å². The van der Waals surface area contributed by atoms with E-state index in [9.17, 15) is 4.79 Å². The van der Waals surface area contributed by atoms with Crippen molar-refractivity contribution in [2.24, 2.45) is 5.92 Å². The molecule has 178 valence electrons. The van der Waals surface area contributed by atoms with E-state index >= 15 is 0 Å². The normalized spacial score (nSPS) is 13.4. The first-order valence-electron chi connectivity index (χ1n) is 11.4. The summed E-state index contributed by atoms with van der Waals surface area (Å²) in [6.45, 7) is 14.3. The van der Waals surface area contributed by atoms with Crippen molar-refractivity contribution >= 4 is 34.1 Å². The number of carbonyl (C=O) groups excluding carboxylic acids is 1. The number of halogens is 1. The van der Waals surface area contributed by atoms with E-state index in [4.69, 9.17) is 11.6 Å². The van der Waals surface area contributed by atoms with E-state index in [1.54, 1.807) is 12.3 Å². The molecule has 34 heavy (non-hydrogen) atoms. The minimum absolute atomic E-state index is 0.122. The third-order valence-corrected chi connectivity index (χ3v) is 5.61. The van der Waals surface area contributed by atoms with Crippen molar-refractivity contribution in [2.75, 3.05) is 11.9 Å². The van der Waals surface area contributed by atoms with Crippen LogP contribution in [0.2, 0.25) is 5.02 Å². The first kappa shape index (κ1) is 26.9. The minimum Gasteiger partial charge on any atom is -0.351 e. The zero-order valence-electron chi connectivity index (χ0n) is 20.7. The van der Waals surface area contributed by atoms with Gasteiger partial charge in [0.1, 0.15) is 5.82 Å².